The third-order valence-electron chi connectivity index (χ3n) is 6.79. The Hall–Kier alpha value is -3.85. The highest BCUT2D eigenvalue weighted by molar-refractivity contribution is 5.98. The summed E-state index contributed by atoms with van der Waals surface area (Å²) in [7, 11) is 3.92. The van der Waals surface area contributed by atoms with E-state index in [1.165, 1.54) is 5.69 Å². The Morgan fingerprint density at radius 3 is 2.82 bits per heavy atom. The second-order valence-corrected chi connectivity index (χ2v) is 8.85. The first-order valence-corrected chi connectivity index (χ1v) is 11.6. The maximum Gasteiger partial charge on any atom is 0.259 e. The maximum absolute atomic E-state index is 12.7. The van der Waals surface area contributed by atoms with Gasteiger partial charge in [0.1, 0.15) is 5.82 Å². The first-order valence-electron chi connectivity index (χ1n) is 11.6. The number of hydrogen-bond donors (Lipinski definition) is 3. The fraction of sp³-hybridized carbons (Fsp3) is 0.320. The molecule has 0 saturated carbocycles. The van der Waals surface area contributed by atoms with Crippen molar-refractivity contribution in [3.8, 4) is 11.1 Å². The highest BCUT2D eigenvalue weighted by Crippen LogP contribution is 2.45. The van der Waals surface area contributed by atoms with Crippen LogP contribution in [0.2, 0.25) is 0 Å². The standard InChI is InChI=1S/C25H27N7O2/c1-26-22-12-20(23-18(30-22)6-9-27-25(23)33)29-19-5-3-4-16-17-13-28-32(15-7-10-34-11-8-15)21(17)14-31(2)24(16)19/h3-6,9,12-13,15H,7-8,10-11,14H2,1-2H3,(H,27,33)(H2,26,29,30). The Morgan fingerprint density at radius 1 is 1.15 bits per heavy atom. The smallest absolute Gasteiger partial charge is 0.259 e. The number of nitrogens with one attached hydrogen (secondary N) is 3. The predicted octanol–water partition coefficient (Wildman–Crippen LogP) is 3.87. The minimum Gasteiger partial charge on any atom is -0.381 e. The van der Waals surface area contributed by atoms with Crippen molar-refractivity contribution in [1.29, 1.82) is 0 Å². The van der Waals surface area contributed by atoms with E-state index >= 15 is 0 Å². The van der Waals surface area contributed by atoms with E-state index < -0.39 is 0 Å². The minimum atomic E-state index is -0.173. The van der Waals surface area contributed by atoms with Crippen LogP contribution in [0.5, 0.6) is 0 Å². The molecule has 0 aliphatic carbocycles. The number of benzene rings is 1. The lowest BCUT2D eigenvalue weighted by Crippen LogP contribution is -2.28. The van der Waals surface area contributed by atoms with E-state index in [0.717, 1.165) is 55.1 Å². The van der Waals surface area contributed by atoms with Crippen molar-refractivity contribution in [2.75, 3.05) is 42.8 Å². The molecule has 4 aromatic rings. The molecule has 0 radical (unpaired) electrons. The van der Waals surface area contributed by atoms with Crippen LogP contribution in [0.15, 0.2) is 47.5 Å². The van der Waals surface area contributed by atoms with E-state index in [1.54, 1.807) is 6.20 Å². The number of anilines is 4. The highest BCUT2D eigenvalue weighted by Gasteiger charge is 2.29. The molecule has 5 heterocycles. The monoisotopic (exact) mass is 457 g/mol. The van der Waals surface area contributed by atoms with E-state index in [-0.39, 0.29) is 5.56 Å². The Morgan fingerprint density at radius 2 is 2.00 bits per heavy atom. The van der Waals surface area contributed by atoms with Crippen LogP contribution < -0.4 is 21.1 Å². The van der Waals surface area contributed by atoms with Gasteiger partial charge < -0.3 is 25.3 Å². The zero-order valence-electron chi connectivity index (χ0n) is 19.3. The number of H-pyrrole nitrogens is 1. The van der Waals surface area contributed by atoms with Crippen LogP contribution in [0.3, 0.4) is 0 Å². The lowest BCUT2D eigenvalue weighted by Gasteiger charge is -2.32. The van der Waals surface area contributed by atoms with Crippen LogP contribution in [0.4, 0.5) is 22.9 Å². The molecule has 6 rings (SSSR count). The number of fused-ring (bicyclic) bond motifs is 4. The zero-order valence-corrected chi connectivity index (χ0v) is 19.3. The van der Waals surface area contributed by atoms with Gasteiger partial charge in [-0.05, 0) is 25.0 Å². The van der Waals surface area contributed by atoms with Crippen LogP contribution in [-0.2, 0) is 11.3 Å². The van der Waals surface area contributed by atoms with Crippen molar-refractivity contribution in [3.05, 3.63) is 58.8 Å². The van der Waals surface area contributed by atoms with Gasteiger partial charge in [0, 0.05) is 50.7 Å². The second-order valence-electron chi connectivity index (χ2n) is 8.85. The van der Waals surface area contributed by atoms with Gasteiger partial charge in [0.05, 0.1) is 52.4 Å². The molecule has 3 N–H and O–H groups in total. The summed E-state index contributed by atoms with van der Waals surface area (Å²) in [6.45, 7) is 2.33. The second kappa shape index (κ2) is 8.18. The largest absolute Gasteiger partial charge is 0.381 e. The lowest BCUT2D eigenvalue weighted by molar-refractivity contribution is 0.0654. The summed E-state index contributed by atoms with van der Waals surface area (Å²) in [6, 6.07) is 10.3. The van der Waals surface area contributed by atoms with Crippen molar-refractivity contribution in [2.24, 2.45) is 0 Å². The average Bonchev–Trinajstić information content (AvgIpc) is 3.28. The predicted molar refractivity (Wildman–Crippen MR) is 134 cm³/mol. The number of ether oxygens (including phenoxy) is 1. The summed E-state index contributed by atoms with van der Waals surface area (Å²) in [6.07, 6.45) is 5.59. The van der Waals surface area contributed by atoms with E-state index in [4.69, 9.17) is 9.84 Å². The Kier molecular flexibility index (Phi) is 4.99. The third kappa shape index (κ3) is 3.31. The van der Waals surface area contributed by atoms with Gasteiger partial charge in [-0.1, -0.05) is 12.1 Å². The van der Waals surface area contributed by atoms with Crippen LogP contribution in [0, 0.1) is 0 Å². The molecule has 9 heteroatoms. The summed E-state index contributed by atoms with van der Waals surface area (Å²) < 4.78 is 7.75. The van der Waals surface area contributed by atoms with Crippen molar-refractivity contribution in [3.63, 3.8) is 0 Å². The Labute approximate surface area is 196 Å². The van der Waals surface area contributed by atoms with Crippen LogP contribution in [0.25, 0.3) is 22.0 Å². The van der Waals surface area contributed by atoms with Crippen molar-refractivity contribution in [1.82, 2.24) is 19.7 Å². The topological polar surface area (TPSA) is 100 Å². The molecule has 2 aliphatic rings. The van der Waals surface area contributed by atoms with Gasteiger partial charge in [-0.25, -0.2) is 4.98 Å². The van der Waals surface area contributed by atoms with Crippen LogP contribution in [-0.4, -0.2) is 47.1 Å². The molecule has 1 fully saturated rings. The Bertz CT molecular complexity index is 1440. The molecule has 1 saturated heterocycles. The fourth-order valence-corrected chi connectivity index (χ4v) is 5.16. The molecule has 0 atom stereocenters. The normalized spacial score (nSPS) is 15.8. The zero-order chi connectivity index (χ0) is 23.2. The molecule has 1 aromatic carbocycles. The Balaban J connectivity index is 1.45. The van der Waals surface area contributed by atoms with Crippen LogP contribution in [0.1, 0.15) is 24.6 Å². The summed E-state index contributed by atoms with van der Waals surface area (Å²) in [5.74, 6) is 0.693. The van der Waals surface area contributed by atoms with Gasteiger partial charge in [-0.3, -0.25) is 9.48 Å². The van der Waals surface area contributed by atoms with Gasteiger partial charge in [0.15, 0.2) is 0 Å². The van der Waals surface area contributed by atoms with E-state index in [2.05, 4.69) is 43.3 Å². The molecular weight excluding hydrogens is 430 g/mol. The summed E-state index contributed by atoms with van der Waals surface area (Å²) in [4.78, 5) is 22.2. The molecule has 3 aromatic heterocycles. The first-order chi connectivity index (χ1) is 16.6. The maximum atomic E-state index is 12.7. The third-order valence-corrected chi connectivity index (χ3v) is 6.79. The first kappa shape index (κ1) is 20.7. The van der Waals surface area contributed by atoms with E-state index in [1.807, 2.05) is 37.5 Å². The number of rotatable bonds is 4. The SMILES string of the molecule is CNc1cc(Nc2cccc3c2N(C)Cc2c-3cnn2C2CCOCC2)c2c(=O)[nH]ccc2n1. The quantitative estimate of drug-likeness (QED) is 0.428. The van der Waals surface area contributed by atoms with Gasteiger partial charge in [-0.15, -0.1) is 0 Å². The molecule has 34 heavy (non-hydrogen) atoms. The molecular formula is C25H27N7O2. The molecule has 2 aliphatic heterocycles. The minimum absolute atomic E-state index is 0.173. The van der Waals surface area contributed by atoms with Crippen molar-refractivity contribution >= 4 is 33.8 Å². The molecule has 0 spiro atoms. The lowest BCUT2D eigenvalue weighted by atomic mass is 9.97. The molecule has 0 unspecified atom stereocenters. The fourth-order valence-electron chi connectivity index (χ4n) is 5.16. The van der Waals surface area contributed by atoms with Gasteiger partial charge in [0.25, 0.3) is 5.56 Å². The molecule has 0 amide bonds. The van der Waals surface area contributed by atoms with Gasteiger partial charge >= 0.3 is 0 Å². The van der Waals surface area contributed by atoms with Crippen molar-refractivity contribution < 1.29 is 4.74 Å². The number of para-hydroxylation sites is 1. The number of aromatic amines is 1. The van der Waals surface area contributed by atoms with Gasteiger partial charge in [-0.2, -0.15) is 5.10 Å². The summed E-state index contributed by atoms with van der Waals surface area (Å²) in [5, 5.41) is 12.0. The van der Waals surface area contributed by atoms with E-state index in [9.17, 15) is 4.79 Å². The van der Waals surface area contributed by atoms with Crippen LogP contribution >= 0.6 is 0 Å². The average molecular weight is 458 g/mol. The van der Waals surface area contributed by atoms with E-state index in [0.29, 0.717) is 28.5 Å². The molecule has 174 valence electrons. The number of hydrogen-bond acceptors (Lipinski definition) is 7. The van der Waals surface area contributed by atoms with Crippen molar-refractivity contribution in [2.45, 2.75) is 25.4 Å². The van der Waals surface area contributed by atoms with Gasteiger partial charge in [0.2, 0.25) is 0 Å². The number of aromatic nitrogens is 4. The molecule has 0 bridgehead atoms. The summed E-state index contributed by atoms with van der Waals surface area (Å²) in [5.41, 5.74) is 6.73. The summed E-state index contributed by atoms with van der Waals surface area (Å²) >= 11 is 0. The molecule has 9 nitrogen and oxygen atoms in total. The number of nitrogens with zero attached hydrogens (tertiary/aromatic N) is 4. The number of pyridine rings is 2. The highest BCUT2D eigenvalue weighted by atomic mass is 16.5.